The molecule has 1 aliphatic heterocycles. The van der Waals surface area contributed by atoms with Crippen LogP contribution in [0.5, 0.6) is 0 Å². The summed E-state index contributed by atoms with van der Waals surface area (Å²) in [5.41, 5.74) is 7.37. The van der Waals surface area contributed by atoms with Crippen molar-refractivity contribution in [2.45, 2.75) is 83.6 Å². The monoisotopic (exact) mass is 292 g/mol. The van der Waals surface area contributed by atoms with Crippen molar-refractivity contribution in [1.82, 2.24) is 4.90 Å². The Morgan fingerprint density at radius 3 is 2.19 bits per heavy atom. The van der Waals surface area contributed by atoms with Gasteiger partial charge in [-0.25, -0.2) is 0 Å². The molecule has 0 amide bonds. The Hall–Kier alpha value is -0.0800. The van der Waals surface area contributed by atoms with Crippen molar-refractivity contribution in [2.75, 3.05) is 19.6 Å². The van der Waals surface area contributed by atoms with Crippen LogP contribution in [0.2, 0.25) is 0 Å². The number of likely N-dealkylation sites (tertiary alicyclic amines) is 1. The smallest absolute Gasteiger partial charge is 0.0357 e. The molecule has 2 nitrogen and oxygen atoms in total. The van der Waals surface area contributed by atoms with Crippen LogP contribution in [0.4, 0.5) is 0 Å². The summed E-state index contributed by atoms with van der Waals surface area (Å²) < 4.78 is 0. The highest BCUT2D eigenvalue weighted by atomic mass is 15.2. The molecule has 2 aliphatic carbocycles. The van der Waals surface area contributed by atoms with E-state index in [-0.39, 0.29) is 0 Å². The molecule has 2 heteroatoms. The minimum absolute atomic E-state index is 0.322. The van der Waals surface area contributed by atoms with Gasteiger partial charge in [-0.15, -0.1) is 0 Å². The van der Waals surface area contributed by atoms with E-state index >= 15 is 0 Å². The summed E-state index contributed by atoms with van der Waals surface area (Å²) in [7, 11) is 0. The molecule has 3 fully saturated rings. The third-order valence-electron chi connectivity index (χ3n) is 7.46. The Labute approximate surface area is 131 Å². The van der Waals surface area contributed by atoms with Gasteiger partial charge in [0.2, 0.25) is 0 Å². The molecule has 1 saturated heterocycles. The van der Waals surface area contributed by atoms with Crippen molar-refractivity contribution < 1.29 is 0 Å². The van der Waals surface area contributed by atoms with Crippen molar-refractivity contribution in [1.29, 1.82) is 0 Å². The van der Waals surface area contributed by atoms with Crippen LogP contribution in [0.15, 0.2) is 0 Å². The van der Waals surface area contributed by atoms with Crippen LogP contribution >= 0.6 is 0 Å². The van der Waals surface area contributed by atoms with Gasteiger partial charge >= 0.3 is 0 Å². The van der Waals surface area contributed by atoms with Crippen molar-refractivity contribution in [3.63, 3.8) is 0 Å². The zero-order valence-corrected chi connectivity index (χ0v) is 14.4. The molecule has 3 aliphatic rings. The highest BCUT2D eigenvalue weighted by Crippen LogP contribution is 2.48. The summed E-state index contributed by atoms with van der Waals surface area (Å²) in [6.07, 6.45) is 14.4. The van der Waals surface area contributed by atoms with Gasteiger partial charge in [-0.3, -0.25) is 4.90 Å². The normalized spacial score (nSPS) is 41.3. The number of hydrogen-bond donors (Lipinski definition) is 1. The van der Waals surface area contributed by atoms with E-state index in [4.69, 9.17) is 5.73 Å². The van der Waals surface area contributed by atoms with Gasteiger partial charge < -0.3 is 5.73 Å². The molecule has 0 aromatic rings. The maximum atomic E-state index is 6.33. The predicted octanol–water partition coefficient (Wildman–Crippen LogP) is 4.19. The Morgan fingerprint density at radius 2 is 1.62 bits per heavy atom. The lowest BCUT2D eigenvalue weighted by molar-refractivity contribution is -0.0459. The summed E-state index contributed by atoms with van der Waals surface area (Å²) in [5.74, 6) is 1.67. The topological polar surface area (TPSA) is 29.3 Å². The molecule has 2 saturated carbocycles. The van der Waals surface area contributed by atoms with Crippen LogP contribution in [0.3, 0.4) is 0 Å². The summed E-state index contributed by atoms with van der Waals surface area (Å²) in [6.45, 7) is 8.39. The molecule has 3 rings (SSSR count). The standard InChI is InChI=1S/C19H36N2/c1-16-6-9-19(15-20,17(2)14-16)21-12-10-18(11-13-21)7-4-3-5-8-18/h16-17H,3-15,20H2,1-2H3. The molecule has 21 heavy (non-hydrogen) atoms. The number of nitrogens with two attached hydrogens (primary N) is 1. The quantitative estimate of drug-likeness (QED) is 0.827. The maximum Gasteiger partial charge on any atom is 0.0357 e. The van der Waals surface area contributed by atoms with Gasteiger partial charge in [-0.05, 0) is 75.3 Å². The molecule has 0 aromatic carbocycles. The molecule has 0 bridgehead atoms. The maximum absolute atomic E-state index is 6.33. The molecule has 0 aromatic heterocycles. The van der Waals surface area contributed by atoms with E-state index in [2.05, 4.69) is 18.7 Å². The molecular formula is C19H36N2. The molecular weight excluding hydrogens is 256 g/mol. The van der Waals surface area contributed by atoms with Crippen molar-refractivity contribution >= 4 is 0 Å². The molecule has 1 spiro atoms. The first kappa shape index (κ1) is 15.8. The lowest BCUT2D eigenvalue weighted by Crippen LogP contribution is -2.62. The largest absolute Gasteiger partial charge is 0.329 e. The van der Waals surface area contributed by atoms with Crippen LogP contribution in [-0.4, -0.2) is 30.1 Å². The van der Waals surface area contributed by atoms with Crippen molar-refractivity contribution in [2.24, 2.45) is 23.0 Å². The van der Waals surface area contributed by atoms with E-state index in [0.29, 0.717) is 5.54 Å². The zero-order valence-electron chi connectivity index (χ0n) is 14.4. The van der Waals surface area contributed by atoms with Crippen molar-refractivity contribution in [3.05, 3.63) is 0 Å². The second kappa shape index (κ2) is 6.20. The summed E-state index contributed by atoms with van der Waals surface area (Å²) in [6, 6.07) is 0. The van der Waals surface area contributed by atoms with Gasteiger partial charge in [-0.1, -0.05) is 33.1 Å². The highest BCUT2D eigenvalue weighted by Gasteiger charge is 2.46. The fourth-order valence-electron chi connectivity index (χ4n) is 5.81. The summed E-state index contributed by atoms with van der Waals surface area (Å²) in [4.78, 5) is 2.82. The van der Waals surface area contributed by atoms with Gasteiger partial charge in [0, 0.05) is 12.1 Å². The van der Waals surface area contributed by atoms with Gasteiger partial charge in [0.25, 0.3) is 0 Å². The molecule has 0 radical (unpaired) electrons. The Morgan fingerprint density at radius 1 is 0.952 bits per heavy atom. The summed E-state index contributed by atoms with van der Waals surface area (Å²) in [5, 5.41) is 0. The van der Waals surface area contributed by atoms with E-state index in [1.54, 1.807) is 0 Å². The van der Waals surface area contributed by atoms with Gasteiger partial charge in [-0.2, -0.15) is 0 Å². The zero-order chi connectivity index (χ0) is 14.9. The first-order valence-electron chi connectivity index (χ1n) is 9.55. The first-order chi connectivity index (χ1) is 10.1. The predicted molar refractivity (Wildman–Crippen MR) is 90.3 cm³/mol. The van der Waals surface area contributed by atoms with Crippen LogP contribution in [-0.2, 0) is 0 Å². The molecule has 3 atom stereocenters. The third kappa shape index (κ3) is 2.91. The first-order valence-corrected chi connectivity index (χ1v) is 9.55. The molecule has 1 heterocycles. The average molecular weight is 293 g/mol. The number of nitrogens with zero attached hydrogens (tertiary/aromatic N) is 1. The number of hydrogen-bond acceptors (Lipinski definition) is 2. The van der Waals surface area contributed by atoms with Crippen molar-refractivity contribution in [3.8, 4) is 0 Å². The minimum Gasteiger partial charge on any atom is -0.329 e. The second-order valence-electron chi connectivity index (χ2n) is 8.64. The number of rotatable bonds is 2. The molecule has 122 valence electrons. The van der Waals surface area contributed by atoms with Crippen LogP contribution in [0.1, 0.15) is 78.1 Å². The van der Waals surface area contributed by atoms with E-state index < -0.39 is 0 Å². The van der Waals surface area contributed by atoms with Crippen LogP contribution in [0, 0.1) is 17.3 Å². The van der Waals surface area contributed by atoms with E-state index in [1.807, 2.05) is 0 Å². The van der Waals surface area contributed by atoms with E-state index in [9.17, 15) is 0 Å². The highest BCUT2D eigenvalue weighted by molar-refractivity contribution is 5.02. The van der Waals surface area contributed by atoms with E-state index in [1.165, 1.54) is 77.3 Å². The Bertz CT molecular complexity index is 337. The van der Waals surface area contributed by atoms with Gasteiger partial charge in [0.05, 0.1) is 0 Å². The lowest BCUT2D eigenvalue weighted by atomic mass is 9.65. The molecule has 2 N–H and O–H groups in total. The number of piperidine rings is 1. The minimum atomic E-state index is 0.322. The Balaban J connectivity index is 1.66. The second-order valence-corrected chi connectivity index (χ2v) is 8.64. The average Bonchev–Trinajstić information content (AvgIpc) is 2.50. The molecule has 3 unspecified atom stereocenters. The third-order valence-corrected chi connectivity index (χ3v) is 7.46. The van der Waals surface area contributed by atoms with Crippen LogP contribution in [0.25, 0.3) is 0 Å². The summed E-state index contributed by atoms with van der Waals surface area (Å²) >= 11 is 0. The Kier molecular flexibility index (Phi) is 4.66. The van der Waals surface area contributed by atoms with E-state index in [0.717, 1.165) is 23.8 Å². The lowest BCUT2D eigenvalue weighted by Gasteiger charge is -2.55. The van der Waals surface area contributed by atoms with Gasteiger partial charge in [0.1, 0.15) is 0 Å². The fourth-order valence-corrected chi connectivity index (χ4v) is 5.81. The SMILES string of the molecule is CC1CCC(CN)(N2CCC3(CCCCC3)CC2)C(C)C1. The van der Waals surface area contributed by atoms with Gasteiger partial charge in [0.15, 0.2) is 0 Å². The van der Waals surface area contributed by atoms with Crippen LogP contribution < -0.4 is 5.73 Å². The fraction of sp³-hybridized carbons (Fsp3) is 1.00.